The number of rotatable bonds is 5. The standard InChI is InChI=1S/C21H20F3N7O/c1-12-6-13(8-16(7-12)30-20-25-5-4-17(31-20)21(22,23)24)14-9-27-19(28-10-14)29-15-2-3-18(32)26-11-15/h4-10,15H,2-3,11H2,1H3,(H,26,32)(H,25,30,31)(H,27,28,29)/t15-/m1/s1. The van der Waals surface area contributed by atoms with E-state index in [4.69, 9.17) is 0 Å². The molecule has 0 aliphatic carbocycles. The summed E-state index contributed by atoms with van der Waals surface area (Å²) in [5.41, 5.74) is 1.94. The fourth-order valence-electron chi connectivity index (χ4n) is 3.32. The first-order chi connectivity index (χ1) is 15.3. The predicted octanol–water partition coefficient (Wildman–Crippen LogP) is 3.69. The van der Waals surface area contributed by atoms with Crippen LogP contribution >= 0.6 is 0 Å². The molecule has 1 atom stereocenters. The maximum absolute atomic E-state index is 12.9. The van der Waals surface area contributed by atoms with Crippen molar-refractivity contribution in [3.8, 4) is 11.1 Å². The minimum atomic E-state index is -4.55. The largest absolute Gasteiger partial charge is 0.433 e. The van der Waals surface area contributed by atoms with Crippen LogP contribution in [0.4, 0.5) is 30.8 Å². The molecule has 3 heterocycles. The molecule has 1 aliphatic heterocycles. The zero-order valence-corrected chi connectivity index (χ0v) is 17.1. The molecule has 1 aromatic carbocycles. The summed E-state index contributed by atoms with van der Waals surface area (Å²) in [4.78, 5) is 27.4. The van der Waals surface area contributed by atoms with Crippen molar-refractivity contribution in [3.63, 3.8) is 0 Å². The molecule has 1 fully saturated rings. The number of carbonyl (C=O) groups excluding carboxylic acids is 1. The van der Waals surface area contributed by atoms with Gasteiger partial charge in [0, 0.05) is 48.8 Å². The van der Waals surface area contributed by atoms with Crippen LogP contribution in [0.25, 0.3) is 11.1 Å². The van der Waals surface area contributed by atoms with Crippen molar-refractivity contribution in [1.29, 1.82) is 0 Å². The highest BCUT2D eigenvalue weighted by atomic mass is 19.4. The summed E-state index contributed by atoms with van der Waals surface area (Å²) in [6.07, 6.45) is 1.01. The highest BCUT2D eigenvalue weighted by Gasteiger charge is 2.32. The van der Waals surface area contributed by atoms with E-state index >= 15 is 0 Å². The number of halogens is 3. The quantitative estimate of drug-likeness (QED) is 0.552. The number of anilines is 3. The molecule has 1 amide bonds. The normalized spacial score (nSPS) is 16.4. The van der Waals surface area contributed by atoms with Gasteiger partial charge in [-0.3, -0.25) is 4.79 Å². The van der Waals surface area contributed by atoms with Gasteiger partial charge in [-0.25, -0.2) is 19.9 Å². The average Bonchev–Trinajstić information content (AvgIpc) is 2.75. The Bertz CT molecular complexity index is 1110. The molecule has 32 heavy (non-hydrogen) atoms. The Balaban J connectivity index is 1.49. The zero-order valence-electron chi connectivity index (χ0n) is 17.1. The molecule has 0 saturated carbocycles. The molecule has 4 rings (SSSR count). The van der Waals surface area contributed by atoms with Crippen LogP contribution < -0.4 is 16.0 Å². The number of carbonyl (C=O) groups is 1. The number of amides is 1. The first kappa shape index (κ1) is 21.5. The summed E-state index contributed by atoms with van der Waals surface area (Å²) in [6.45, 7) is 2.39. The number of alkyl halides is 3. The van der Waals surface area contributed by atoms with Crippen molar-refractivity contribution in [1.82, 2.24) is 25.3 Å². The SMILES string of the molecule is Cc1cc(Nc2nccc(C(F)(F)F)n2)cc(-c2cnc(N[C@@H]3CCC(=O)NC3)nc2)c1. The summed E-state index contributed by atoms with van der Waals surface area (Å²) in [5, 5.41) is 8.82. The summed E-state index contributed by atoms with van der Waals surface area (Å²) in [5.74, 6) is 0.351. The molecule has 3 aromatic rings. The molecule has 2 aromatic heterocycles. The Labute approximate surface area is 181 Å². The molecule has 1 saturated heterocycles. The lowest BCUT2D eigenvalue weighted by atomic mass is 10.1. The number of hydrogen-bond donors (Lipinski definition) is 3. The molecule has 0 unspecified atom stereocenters. The topological polar surface area (TPSA) is 105 Å². The maximum Gasteiger partial charge on any atom is 0.433 e. The van der Waals surface area contributed by atoms with Crippen LogP contribution in [-0.2, 0) is 11.0 Å². The Hall–Kier alpha value is -3.76. The fourth-order valence-corrected chi connectivity index (χ4v) is 3.32. The number of nitrogens with one attached hydrogen (secondary N) is 3. The van der Waals surface area contributed by atoms with Gasteiger partial charge in [-0.1, -0.05) is 6.07 Å². The third-order valence-corrected chi connectivity index (χ3v) is 4.86. The second-order valence-electron chi connectivity index (χ2n) is 7.46. The first-order valence-corrected chi connectivity index (χ1v) is 9.91. The van der Waals surface area contributed by atoms with E-state index in [0.717, 1.165) is 29.0 Å². The second kappa shape index (κ2) is 8.77. The average molecular weight is 443 g/mol. The van der Waals surface area contributed by atoms with Gasteiger partial charge in [-0.05, 0) is 42.7 Å². The number of hydrogen-bond acceptors (Lipinski definition) is 7. The minimum Gasteiger partial charge on any atom is -0.354 e. The third kappa shape index (κ3) is 5.29. The molecule has 0 radical (unpaired) electrons. The van der Waals surface area contributed by atoms with Crippen LogP contribution in [0, 0.1) is 6.92 Å². The van der Waals surface area contributed by atoms with Gasteiger partial charge in [-0.15, -0.1) is 0 Å². The molecule has 0 spiro atoms. The zero-order chi connectivity index (χ0) is 22.7. The highest BCUT2D eigenvalue weighted by Crippen LogP contribution is 2.29. The van der Waals surface area contributed by atoms with Crippen LogP contribution in [0.1, 0.15) is 24.1 Å². The molecule has 8 nitrogen and oxygen atoms in total. The molecule has 11 heteroatoms. The Morgan fingerprint density at radius 3 is 2.53 bits per heavy atom. The lowest BCUT2D eigenvalue weighted by Crippen LogP contribution is -2.42. The van der Waals surface area contributed by atoms with Gasteiger partial charge in [0.25, 0.3) is 0 Å². The van der Waals surface area contributed by atoms with E-state index in [9.17, 15) is 18.0 Å². The van der Waals surface area contributed by atoms with E-state index in [-0.39, 0.29) is 17.9 Å². The van der Waals surface area contributed by atoms with E-state index in [0.29, 0.717) is 31.0 Å². The number of aryl methyl sites for hydroxylation is 1. The first-order valence-electron chi connectivity index (χ1n) is 9.91. The molecule has 166 valence electrons. The summed E-state index contributed by atoms with van der Waals surface area (Å²) >= 11 is 0. The predicted molar refractivity (Wildman–Crippen MR) is 112 cm³/mol. The smallest absolute Gasteiger partial charge is 0.354 e. The van der Waals surface area contributed by atoms with Crippen molar-refractivity contribution in [2.24, 2.45) is 0 Å². The van der Waals surface area contributed by atoms with Crippen molar-refractivity contribution >= 4 is 23.5 Å². The summed E-state index contributed by atoms with van der Waals surface area (Å²) < 4.78 is 38.7. The van der Waals surface area contributed by atoms with Gasteiger partial charge >= 0.3 is 6.18 Å². The van der Waals surface area contributed by atoms with E-state index in [1.54, 1.807) is 24.5 Å². The molecule has 3 N–H and O–H groups in total. The van der Waals surface area contributed by atoms with Gasteiger partial charge in [0.1, 0.15) is 5.69 Å². The monoisotopic (exact) mass is 443 g/mol. The second-order valence-corrected chi connectivity index (χ2v) is 7.46. The summed E-state index contributed by atoms with van der Waals surface area (Å²) in [7, 11) is 0. The molecule has 1 aliphatic rings. The van der Waals surface area contributed by atoms with E-state index in [1.807, 2.05) is 13.0 Å². The van der Waals surface area contributed by atoms with Gasteiger partial charge in [-0.2, -0.15) is 13.2 Å². The van der Waals surface area contributed by atoms with Crippen molar-refractivity contribution in [2.45, 2.75) is 32.0 Å². The van der Waals surface area contributed by atoms with Crippen LogP contribution in [0.5, 0.6) is 0 Å². The van der Waals surface area contributed by atoms with Crippen molar-refractivity contribution in [2.75, 3.05) is 17.2 Å². The van der Waals surface area contributed by atoms with Gasteiger partial charge < -0.3 is 16.0 Å². The van der Waals surface area contributed by atoms with Crippen LogP contribution in [0.2, 0.25) is 0 Å². The van der Waals surface area contributed by atoms with Crippen LogP contribution in [0.15, 0.2) is 42.9 Å². The van der Waals surface area contributed by atoms with E-state index in [1.165, 1.54) is 0 Å². The Morgan fingerprint density at radius 2 is 1.84 bits per heavy atom. The van der Waals surface area contributed by atoms with E-state index in [2.05, 4.69) is 35.9 Å². The van der Waals surface area contributed by atoms with Crippen LogP contribution in [-0.4, -0.2) is 38.4 Å². The van der Waals surface area contributed by atoms with Crippen LogP contribution in [0.3, 0.4) is 0 Å². The third-order valence-electron chi connectivity index (χ3n) is 4.86. The van der Waals surface area contributed by atoms with Crippen molar-refractivity contribution < 1.29 is 18.0 Å². The molecular formula is C21H20F3N7O. The van der Waals surface area contributed by atoms with Gasteiger partial charge in [0.2, 0.25) is 17.8 Å². The Kier molecular flexibility index (Phi) is 5.89. The fraction of sp³-hybridized carbons (Fsp3) is 0.286. The lowest BCUT2D eigenvalue weighted by Gasteiger charge is -2.23. The summed E-state index contributed by atoms with van der Waals surface area (Å²) in [6, 6.07) is 6.35. The molecular weight excluding hydrogens is 423 g/mol. The number of aromatic nitrogens is 4. The highest BCUT2D eigenvalue weighted by molar-refractivity contribution is 5.77. The maximum atomic E-state index is 12.9. The van der Waals surface area contributed by atoms with Crippen molar-refractivity contribution in [3.05, 3.63) is 54.1 Å². The lowest BCUT2D eigenvalue weighted by molar-refractivity contribution is -0.141. The number of piperidine rings is 1. The number of benzene rings is 1. The van der Waals surface area contributed by atoms with E-state index < -0.39 is 11.9 Å². The molecule has 0 bridgehead atoms. The van der Waals surface area contributed by atoms with Gasteiger partial charge in [0.05, 0.1) is 0 Å². The van der Waals surface area contributed by atoms with Gasteiger partial charge in [0.15, 0.2) is 0 Å². The number of nitrogens with zero attached hydrogens (tertiary/aromatic N) is 4. The minimum absolute atomic E-state index is 0.0405. The Morgan fingerprint density at radius 1 is 1.06 bits per heavy atom.